The molecular weight excluding hydrogens is 254 g/mol. The molecule has 106 valence electrons. The van der Waals surface area contributed by atoms with Crippen molar-refractivity contribution in [3.8, 4) is 0 Å². The quantitative estimate of drug-likeness (QED) is 0.849. The van der Waals surface area contributed by atoms with Crippen LogP contribution in [0.5, 0.6) is 0 Å². The predicted molar refractivity (Wildman–Crippen MR) is 78.3 cm³/mol. The first-order valence-corrected chi connectivity index (χ1v) is 6.69. The van der Waals surface area contributed by atoms with Gasteiger partial charge in [0.15, 0.2) is 0 Å². The van der Waals surface area contributed by atoms with E-state index in [0.29, 0.717) is 11.6 Å². The Morgan fingerprint density at radius 3 is 2.95 bits per heavy atom. The Morgan fingerprint density at radius 2 is 2.30 bits per heavy atom. The van der Waals surface area contributed by atoms with E-state index < -0.39 is 0 Å². The van der Waals surface area contributed by atoms with E-state index in [0.717, 1.165) is 12.2 Å². The number of anilines is 1. The lowest BCUT2D eigenvalue weighted by molar-refractivity contribution is -0.111. The van der Waals surface area contributed by atoms with Gasteiger partial charge < -0.3 is 9.73 Å². The summed E-state index contributed by atoms with van der Waals surface area (Å²) < 4.78 is 7.17. The van der Waals surface area contributed by atoms with E-state index in [1.54, 1.807) is 18.3 Å². The minimum absolute atomic E-state index is 0.205. The van der Waals surface area contributed by atoms with Gasteiger partial charge in [0.25, 0.3) is 0 Å². The monoisotopic (exact) mass is 273 g/mol. The van der Waals surface area contributed by atoms with Crippen molar-refractivity contribution in [1.82, 2.24) is 9.78 Å². The number of nitrogens with zero attached hydrogens (tertiary/aromatic N) is 2. The first-order chi connectivity index (χ1) is 9.60. The number of carbonyl (C=O) groups excluding carboxylic acids is 1. The molecule has 2 rings (SSSR count). The van der Waals surface area contributed by atoms with Crippen molar-refractivity contribution >= 4 is 17.8 Å². The molecule has 2 heterocycles. The Morgan fingerprint density at radius 1 is 1.50 bits per heavy atom. The van der Waals surface area contributed by atoms with Crippen LogP contribution in [0.15, 0.2) is 34.9 Å². The molecule has 0 aromatic carbocycles. The third-order valence-corrected chi connectivity index (χ3v) is 3.09. The standard InChI is InChI=1S/C15H19N3O2/c1-4-11(2)18-14(9-10-16-18)17-15(19)8-7-13-6-5-12(3)20-13/h5-11H,4H2,1-3H3,(H,17,19)/b8-7+. The van der Waals surface area contributed by atoms with Crippen molar-refractivity contribution in [2.24, 2.45) is 0 Å². The highest BCUT2D eigenvalue weighted by molar-refractivity contribution is 6.01. The van der Waals surface area contributed by atoms with Gasteiger partial charge in [0.1, 0.15) is 17.3 Å². The highest BCUT2D eigenvalue weighted by Crippen LogP contribution is 2.16. The molecule has 0 radical (unpaired) electrons. The van der Waals surface area contributed by atoms with Crippen LogP contribution < -0.4 is 5.32 Å². The first-order valence-electron chi connectivity index (χ1n) is 6.69. The summed E-state index contributed by atoms with van der Waals surface area (Å²) in [6, 6.07) is 5.71. The molecule has 0 fully saturated rings. The van der Waals surface area contributed by atoms with Gasteiger partial charge in [-0.15, -0.1) is 0 Å². The largest absolute Gasteiger partial charge is 0.462 e. The third-order valence-electron chi connectivity index (χ3n) is 3.09. The fourth-order valence-corrected chi connectivity index (χ4v) is 1.81. The molecule has 0 aliphatic heterocycles. The van der Waals surface area contributed by atoms with Crippen molar-refractivity contribution in [1.29, 1.82) is 0 Å². The lowest BCUT2D eigenvalue weighted by Gasteiger charge is -2.13. The number of amides is 1. The van der Waals surface area contributed by atoms with E-state index in [1.807, 2.05) is 23.7 Å². The fraction of sp³-hybridized carbons (Fsp3) is 0.333. The van der Waals surface area contributed by atoms with E-state index in [4.69, 9.17) is 4.42 Å². The van der Waals surface area contributed by atoms with E-state index in [2.05, 4.69) is 24.3 Å². The van der Waals surface area contributed by atoms with Gasteiger partial charge in [-0.3, -0.25) is 4.79 Å². The molecule has 2 aromatic heterocycles. The molecule has 20 heavy (non-hydrogen) atoms. The summed E-state index contributed by atoms with van der Waals surface area (Å²) in [4.78, 5) is 11.9. The van der Waals surface area contributed by atoms with Crippen molar-refractivity contribution in [2.75, 3.05) is 5.32 Å². The lowest BCUT2D eigenvalue weighted by atomic mass is 10.3. The highest BCUT2D eigenvalue weighted by Gasteiger charge is 2.09. The zero-order valence-electron chi connectivity index (χ0n) is 12.0. The molecule has 1 unspecified atom stereocenters. The summed E-state index contributed by atoms with van der Waals surface area (Å²) in [5.41, 5.74) is 0. The molecule has 0 saturated carbocycles. The number of aryl methyl sites for hydroxylation is 1. The molecule has 1 amide bonds. The molecule has 2 aromatic rings. The maximum Gasteiger partial charge on any atom is 0.249 e. The minimum Gasteiger partial charge on any atom is -0.462 e. The number of nitrogens with one attached hydrogen (secondary N) is 1. The second kappa shape index (κ2) is 6.23. The number of furan rings is 1. The summed E-state index contributed by atoms with van der Waals surface area (Å²) in [6.45, 7) is 6.00. The molecular formula is C15H19N3O2. The zero-order chi connectivity index (χ0) is 14.5. The third kappa shape index (κ3) is 3.38. The van der Waals surface area contributed by atoms with Crippen LogP contribution in [-0.2, 0) is 4.79 Å². The number of hydrogen-bond acceptors (Lipinski definition) is 3. The van der Waals surface area contributed by atoms with E-state index in [1.165, 1.54) is 6.08 Å². The van der Waals surface area contributed by atoms with Crippen LogP contribution in [0.25, 0.3) is 6.08 Å². The average molecular weight is 273 g/mol. The van der Waals surface area contributed by atoms with Gasteiger partial charge in [0, 0.05) is 12.1 Å². The zero-order valence-corrected chi connectivity index (χ0v) is 12.0. The van der Waals surface area contributed by atoms with E-state index >= 15 is 0 Å². The second-order valence-electron chi connectivity index (χ2n) is 4.69. The van der Waals surface area contributed by atoms with Crippen molar-refractivity contribution in [3.05, 3.63) is 42.0 Å². The summed E-state index contributed by atoms with van der Waals surface area (Å²) >= 11 is 0. The summed E-state index contributed by atoms with van der Waals surface area (Å²) in [7, 11) is 0. The topological polar surface area (TPSA) is 60.1 Å². The van der Waals surface area contributed by atoms with Crippen LogP contribution >= 0.6 is 0 Å². The molecule has 0 aliphatic carbocycles. The summed E-state index contributed by atoms with van der Waals surface area (Å²) in [5, 5.41) is 7.04. The molecule has 0 aliphatic rings. The van der Waals surface area contributed by atoms with Gasteiger partial charge in [-0.05, 0) is 38.5 Å². The number of aromatic nitrogens is 2. The average Bonchev–Trinajstić information content (AvgIpc) is 3.04. The van der Waals surface area contributed by atoms with Crippen LogP contribution in [0.1, 0.15) is 37.8 Å². The Balaban J connectivity index is 2.01. The normalized spacial score (nSPS) is 12.8. The predicted octanol–water partition coefficient (Wildman–Crippen LogP) is 3.41. The number of rotatable bonds is 5. The molecule has 0 bridgehead atoms. The Labute approximate surface area is 118 Å². The molecule has 5 heteroatoms. The minimum atomic E-state index is -0.205. The van der Waals surface area contributed by atoms with Gasteiger partial charge in [-0.25, -0.2) is 4.68 Å². The number of carbonyl (C=O) groups is 1. The van der Waals surface area contributed by atoms with Crippen LogP contribution in [0.4, 0.5) is 5.82 Å². The maximum atomic E-state index is 11.9. The first kappa shape index (κ1) is 14.1. The smallest absolute Gasteiger partial charge is 0.249 e. The van der Waals surface area contributed by atoms with Crippen LogP contribution in [0.2, 0.25) is 0 Å². The van der Waals surface area contributed by atoms with Gasteiger partial charge in [0.2, 0.25) is 5.91 Å². The summed E-state index contributed by atoms with van der Waals surface area (Å²) in [6.07, 6.45) is 5.73. The lowest BCUT2D eigenvalue weighted by Crippen LogP contribution is -2.15. The fourth-order valence-electron chi connectivity index (χ4n) is 1.81. The second-order valence-corrected chi connectivity index (χ2v) is 4.69. The molecule has 0 saturated heterocycles. The van der Waals surface area contributed by atoms with E-state index in [9.17, 15) is 4.79 Å². The van der Waals surface area contributed by atoms with Crippen molar-refractivity contribution in [2.45, 2.75) is 33.2 Å². The Hall–Kier alpha value is -2.30. The summed E-state index contributed by atoms with van der Waals surface area (Å²) in [5.74, 6) is 1.97. The van der Waals surface area contributed by atoms with Crippen molar-refractivity contribution < 1.29 is 9.21 Å². The Kier molecular flexibility index (Phi) is 4.40. The van der Waals surface area contributed by atoms with Crippen LogP contribution in [-0.4, -0.2) is 15.7 Å². The van der Waals surface area contributed by atoms with Gasteiger partial charge >= 0.3 is 0 Å². The molecule has 1 N–H and O–H groups in total. The maximum absolute atomic E-state index is 11.9. The SMILES string of the molecule is CCC(C)n1nccc1NC(=O)/C=C/c1ccc(C)o1. The van der Waals surface area contributed by atoms with Gasteiger partial charge in [0.05, 0.1) is 12.2 Å². The molecule has 1 atom stereocenters. The molecule has 5 nitrogen and oxygen atoms in total. The number of hydrogen-bond donors (Lipinski definition) is 1. The van der Waals surface area contributed by atoms with Crippen molar-refractivity contribution in [3.63, 3.8) is 0 Å². The highest BCUT2D eigenvalue weighted by atomic mass is 16.3. The van der Waals surface area contributed by atoms with Crippen LogP contribution in [0, 0.1) is 6.92 Å². The van der Waals surface area contributed by atoms with Crippen LogP contribution in [0.3, 0.4) is 0 Å². The Bertz CT molecular complexity index is 610. The van der Waals surface area contributed by atoms with Gasteiger partial charge in [-0.2, -0.15) is 5.10 Å². The molecule has 0 spiro atoms. The van der Waals surface area contributed by atoms with Gasteiger partial charge in [-0.1, -0.05) is 6.92 Å². The van der Waals surface area contributed by atoms with E-state index in [-0.39, 0.29) is 11.9 Å².